The lowest BCUT2D eigenvalue weighted by molar-refractivity contribution is -0.140. The first-order chi connectivity index (χ1) is 19.8. The van der Waals surface area contributed by atoms with Gasteiger partial charge in [-0.2, -0.15) is 0 Å². The summed E-state index contributed by atoms with van der Waals surface area (Å²) < 4.78 is 13.2. The number of halogens is 2. The number of benzene rings is 3. The van der Waals surface area contributed by atoms with Crippen LogP contribution < -0.4 is 19.6 Å². The van der Waals surface area contributed by atoms with Crippen molar-refractivity contribution in [2.45, 2.75) is 13.0 Å². The van der Waals surface area contributed by atoms with Gasteiger partial charge in [0.25, 0.3) is 5.56 Å². The second kappa shape index (κ2) is 12.3. The first-order valence-electron chi connectivity index (χ1n) is 12.4. The number of carbonyl (C=O) groups excluding carboxylic acids is 1. The second-order valence-corrected chi connectivity index (χ2v) is 11.2. The summed E-state index contributed by atoms with van der Waals surface area (Å²) in [5, 5.41) is 9.41. The Labute approximate surface area is 251 Å². The molecule has 0 unspecified atom stereocenters. The van der Waals surface area contributed by atoms with Gasteiger partial charge < -0.3 is 14.6 Å². The van der Waals surface area contributed by atoms with Crippen molar-refractivity contribution >= 4 is 62.6 Å². The molecule has 0 saturated heterocycles. The molecule has 0 fully saturated rings. The summed E-state index contributed by atoms with van der Waals surface area (Å²) in [4.78, 5) is 43.5. The third-order valence-electron chi connectivity index (χ3n) is 6.16. The van der Waals surface area contributed by atoms with Gasteiger partial charge in [-0.15, -0.1) is 0 Å². The molecule has 3 aromatic carbocycles. The highest BCUT2D eigenvalue weighted by molar-refractivity contribution is 9.10. The Morgan fingerprint density at radius 2 is 1.85 bits per heavy atom. The largest absolute Gasteiger partial charge is 0.481 e. The van der Waals surface area contributed by atoms with Crippen molar-refractivity contribution in [1.29, 1.82) is 0 Å². The van der Waals surface area contributed by atoms with Gasteiger partial charge in [-0.05, 0) is 64.3 Å². The number of ether oxygens (including phenoxy) is 2. The Kier molecular flexibility index (Phi) is 8.53. The highest BCUT2D eigenvalue weighted by Gasteiger charge is 2.35. The zero-order valence-electron chi connectivity index (χ0n) is 21.5. The van der Waals surface area contributed by atoms with Crippen LogP contribution in [0.5, 0.6) is 5.75 Å². The molecule has 0 bridgehead atoms. The number of fused-ring (bicyclic) bond motifs is 1. The number of aromatic nitrogens is 1. The number of hydrogen-bond donors (Lipinski definition) is 1. The number of hydrogen-bond acceptors (Lipinski definition) is 7. The molecule has 1 aliphatic heterocycles. The predicted molar refractivity (Wildman–Crippen MR) is 160 cm³/mol. The van der Waals surface area contributed by atoms with E-state index in [-0.39, 0.29) is 17.7 Å². The zero-order chi connectivity index (χ0) is 29.1. The molecular weight excluding hydrogens is 632 g/mol. The van der Waals surface area contributed by atoms with Crippen molar-refractivity contribution < 1.29 is 24.2 Å². The Balaban J connectivity index is 1.72. The molecule has 41 heavy (non-hydrogen) atoms. The van der Waals surface area contributed by atoms with E-state index in [1.807, 2.05) is 30.3 Å². The van der Waals surface area contributed by atoms with E-state index in [1.54, 1.807) is 55.5 Å². The molecule has 1 atom stereocenters. The number of nitrogens with zero attached hydrogens (tertiary/aromatic N) is 2. The van der Waals surface area contributed by atoms with Crippen molar-refractivity contribution in [3.63, 3.8) is 0 Å². The quantitative estimate of drug-likeness (QED) is 0.274. The van der Waals surface area contributed by atoms with Gasteiger partial charge in [-0.3, -0.25) is 9.36 Å². The molecule has 1 N–H and O–H groups in total. The maximum Gasteiger partial charge on any atom is 0.341 e. The van der Waals surface area contributed by atoms with Crippen LogP contribution in [0.1, 0.15) is 29.7 Å². The number of esters is 1. The van der Waals surface area contributed by atoms with E-state index >= 15 is 0 Å². The monoisotopic (exact) mass is 652 g/mol. The maximum atomic E-state index is 13.9. The van der Waals surface area contributed by atoms with Crippen molar-refractivity contribution in [2.24, 2.45) is 4.99 Å². The Morgan fingerprint density at radius 3 is 2.51 bits per heavy atom. The molecule has 0 spiro atoms. The van der Waals surface area contributed by atoms with Crippen LogP contribution >= 0.6 is 38.9 Å². The van der Waals surface area contributed by atoms with Crippen LogP contribution in [0, 0.1) is 0 Å². The fourth-order valence-corrected chi connectivity index (χ4v) is 6.05. The molecule has 0 amide bonds. The topological polar surface area (TPSA) is 107 Å². The normalized spacial score (nSPS) is 14.8. The van der Waals surface area contributed by atoms with Crippen LogP contribution in [-0.2, 0) is 14.3 Å². The second-order valence-electron chi connectivity index (χ2n) is 8.86. The molecule has 5 rings (SSSR count). The van der Waals surface area contributed by atoms with Crippen molar-refractivity contribution in [3.8, 4) is 5.75 Å². The van der Waals surface area contributed by atoms with Gasteiger partial charge in [0.1, 0.15) is 5.75 Å². The Hall–Kier alpha value is -3.99. The summed E-state index contributed by atoms with van der Waals surface area (Å²) in [6.07, 6.45) is 1.71. The smallest absolute Gasteiger partial charge is 0.341 e. The average Bonchev–Trinajstić information content (AvgIpc) is 3.27. The standard InChI is InChI=1S/C30H22BrClN2O6S/c1-2-39-29(38)25-26(18-6-4-3-5-7-18)33-30-34(27(25)19-9-11-20(32)12-10-19)28(37)23(41-30)15-17-8-13-22(21(31)14-17)40-16-24(35)36/h3-15,27H,2,16H2,1H3,(H,35,36)/b23-15+/t27-/m1/s1. The van der Waals surface area contributed by atoms with Gasteiger partial charge >= 0.3 is 11.9 Å². The fraction of sp³-hybridized carbons (Fsp3) is 0.133. The molecule has 2 heterocycles. The average molecular weight is 654 g/mol. The maximum absolute atomic E-state index is 13.9. The summed E-state index contributed by atoms with van der Waals surface area (Å²) in [5.41, 5.74) is 2.43. The molecule has 1 aromatic heterocycles. The first-order valence-corrected chi connectivity index (χ1v) is 14.4. The van der Waals surface area contributed by atoms with Crippen LogP contribution in [-0.4, -0.2) is 34.8 Å². The summed E-state index contributed by atoms with van der Waals surface area (Å²) in [5.74, 6) is -1.29. The minimum Gasteiger partial charge on any atom is -0.481 e. The lowest BCUT2D eigenvalue weighted by atomic mass is 9.93. The van der Waals surface area contributed by atoms with E-state index in [9.17, 15) is 14.4 Å². The fourth-order valence-electron chi connectivity index (χ4n) is 4.42. The minimum absolute atomic E-state index is 0.156. The van der Waals surface area contributed by atoms with Crippen LogP contribution in [0.4, 0.5) is 0 Å². The van der Waals surface area contributed by atoms with Gasteiger partial charge in [-0.1, -0.05) is 71.5 Å². The number of aliphatic carboxylic acids is 1. The van der Waals surface area contributed by atoms with Gasteiger partial charge in [0, 0.05) is 10.6 Å². The van der Waals surface area contributed by atoms with Crippen LogP contribution in [0.25, 0.3) is 11.8 Å². The molecule has 208 valence electrons. The molecule has 4 aromatic rings. The molecule has 1 aliphatic rings. The molecule has 0 radical (unpaired) electrons. The van der Waals surface area contributed by atoms with Gasteiger partial charge in [-0.25, -0.2) is 14.6 Å². The van der Waals surface area contributed by atoms with Gasteiger partial charge in [0.05, 0.1) is 32.9 Å². The van der Waals surface area contributed by atoms with Crippen molar-refractivity contribution in [2.75, 3.05) is 13.2 Å². The first kappa shape index (κ1) is 28.5. The predicted octanol–water partition coefficient (Wildman–Crippen LogP) is 4.81. The lowest BCUT2D eigenvalue weighted by Gasteiger charge is -2.25. The summed E-state index contributed by atoms with van der Waals surface area (Å²) in [6.45, 7) is 1.40. The van der Waals surface area contributed by atoms with Gasteiger partial charge in [0.15, 0.2) is 11.4 Å². The molecule has 11 heteroatoms. The van der Waals surface area contributed by atoms with E-state index in [0.29, 0.717) is 47.0 Å². The van der Waals surface area contributed by atoms with E-state index in [0.717, 1.165) is 0 Å². The van der Waals surface area contributed by atoms with Crippen molar-refractivity contribution in [1.82, 2.24) is 4.57 Å². The highest BCUT2D eigenvalue weighted by atomic mass is 79.9. The summed E-state index contributed by atoms with van der Waals surface area (Å²) in [6, 6.07) is 20.6. The van der Waals surface area contributed by atoms with Crippen molar-refractivity contribution in [3.05, 3.63) is 124 Å². The van der Waals surface area contributed by atoms with Gasteiger partial charge in [0.2, 0.25) is 0 Å². The lowest BCUT2D eigenvalue weighted by Crippen LogP contribution is -2.40. The number of thiazole rings is 1. The zero-order valence-corrected chi connectivity index (χ0v) is 24.7. The number of carboxylic acid groups (broad SMARTS) is 1. The van der Waals surface area contributed by atoms with Crippen LogP contribution in [0.15, 0.2) is 92.6 Å². The highest BCUT2D eigenvalue weighted by Crippen LogP contribution is 2.35. The summed E-state index contributed by atoms with van der Waals surface area (Å²) >= 11 is 10.8. The van der Waals surface area contributed by atoms with Crippen LogP contribution in [0.3, 0.4) is 0 Å². The number of carbonyl (C=O) groups is 2. The Bertz CT molecular complexity index is 1850. The SMILES string of the molecule is CCOC(=O)C1=C(c2ccccc2)N=c2s/c(=C/c3ccc(OCC(=O)O)c(Br)c3)c(=O)n2[C@@H]1c1ccc(Cl)cc1. The van der Waals surface area contributed by atoms with Crippen LogP contribution in [0.2, 0.25) is 5.02 Å². The van der Waals surface area contributed by atoms with E-state index in [4.69, 9.17) is 31.2 Å². The van der Waals surface area contributed by atoms with E-state index in [2.05, 4.69) is 15.9 Å². The summed E-state index contributed by atoms with van der Waals surface area (Å²) in [7, 11) is 0. The molecule has 8 nitrogen and oxygen atoms in total. The molecule has 0 aliphatic carbocycles. The molecule has 0 saturated carbocycles. The van der Waals surface area contributed by atoms with E-state index < -0.39 is 24.6 Å². The third kappa shape index (κ3) is 6.04. The Morgan fingerprint density at radius 1 is 1.12 bits per heavy atom. The minimum atomic E-state index is -1.09. The molecular formula is C30H22BrClN2O6S. The number of rotatable bonds is 8. The number of carboxylic acids is 1. The third-order valence-corrected chi connectivity index (χ3v) is 8.02. The van der Waals surface area contributed by atoms with E-state index in [1.165, 1.54) is 15.9 Å².